The van der Waals surface area contributed by atoms with E-state index in [1.807, 2.05) is 54.4 Å². The Kier molecular flexibility index (Phi) is 5.66. The molecule has 1 aliphatic heterocycles. The zero-order valence-electron chi connectivity index (χ0n) is 14.6. The number of aliphatic hydroxyl groups excluding tert-OH is 1. The number of anilines is 1. The van der Waals surface area contributed by atoms with E-state index in [2.05, 4.69) is 10.3 Å². The summed E-state index contributed by atoms with van der Waals surface area (Å²) in [6.45, 7) is 3.79. The van der Waals surface area contributed by atoms with Gasteiger partial charge >= 0.3 is 0 Å². The van der Waals surface area contributed by atoms with Crippen LogP contribution in [0.5, 0.6) is 0 Å². The van der Waals surface area contributed by atoms with E-state index in [1.165, 1.54) is 0 Å². The zero-order valence-corrected chi connectivity index (χ0v) is 14.6. The van der Waals surface area contributed by atoms with Gasteiger partial charge in [0.25, 0.3) is 5.91 Å². The highest BCUT2D eigenvalue weighted by Gasteiger charge is 2.27. The van der Waals surface area contributed by atoms with E-state index in [0.29, 0.717) is 18.7 Å². The monoisotopic (exact) mass is 339 g/mol. The fourth-order valence-electron chi connectivity index (χ4n) is 3.28. The van der Waals surface area contributed by atoms with Crippen LogP contribution in [0.3, 0.4) is 0 Å². The lowest BCUT2D eigenvalue weighted by Gasteiger charge is -2.34. The lowest BCUT2D eigenvalue weighted by atomic mass is 9.93. The molecule has 2 atom stereocenters. The highest BCUT2D eigenvalue weighted by Crippen LogP contribution is 2.24. The number of benzene rings is 1. The predicted octanol–water partition coefficient (Wildman–Crippen LogP) is 2.93. The molecule has 0 aliphatic carbocycles. The molecule has 2 heterocycles. The van der Waals surface area contributed by atoms with Crippen LogP contribution in [0.25, 0.3) is 0 Å². The number of aromatic nitrogens is 1. The van der Waals surface area contributed by atoms with E-state index in [9.17, 15) is 9.90 Å². The molecule has 1 fully saturated rings. The quantitative estimate of drug-likeness (QED) is 0.879. The fraction of sp³-hybridized carbons (Fsp3) is 0.400. The Morgan fingerprint density at radius 3 is 2.96 bits per heavy atom. The third kappa shape index (κ3) is 4.37. The van der Waals surface area contributed by atoms with Crippen LogP contribution in [0.15, 0.2) is 48.8 Å². The minimum atomic E-state index is -0.380. The van der Waals surface area contributed by atoms with Crippen molar-refractivity contribution < 1.29 is 9.90 Å². The Hall–Kier alpha value is -2.40. The number of carbonyl (C=O) groups excluding carboxylic acids is 1. The summed E-state index contributed by atoms with van der Waals surface area (Å²) in [5.74, 6) is 0.188. The third-order valence-corrected chi connectivity index (χ3v) is 4.79. The van der Waals surface area contributed by atoms with Crippen molar-refractivity contribution in [3.8, 4) is 0 Å². The summed E-state index contributed by atoms with van der Waals surface area (Å²) < 4.78 is 0. The van der Waals surface area contributed by atoms with E-state index in [4.69, 9.17) is 0 Å². The number of nitrogens with zero attached hydrogens (tertiary/aromatic N) is 2. The molecule has 2 unspecified atom stereocenters. The smallest absolute Gasteiger partial charge is 0.255 e. The van der Waals surface area contributed by atoms with Gasteiger partial charge in [0.15, 0.2) is 0 Å². The molecule has 3 rings (SSSR count). The number of likely N-dealkylation sites (tertiary alicyclic amines) is 1. The van der Waals surface area contributed by atoms with Gasteiger partial charge in [0.2, 0.25) is 0 Å². The van der Waals surface area contributed by atoms with Gasteiger partial charge in [0.1, 0.15) is 0 Å². The first kappa shape index (κ1) is 17.4. The Labute approximate surface area is 148 Å². The number of hydrogen-bond acceptors (Lipinski definition) is 4. The van der Waals surface area contributed by atoms with E-state index in [0.717, 1.165) is 30.6 Å². The molecule has 25 heavy (non-hydrogen) atoms. The second-order valence-electron chi connectivity index (χ2n) is 6.65. The normalized spacial score (nSPS) is 18.6. The van der Waals surface area contributed by atoms with E-state index in [1.54, 1.807) is 6.20 Å². The molecule has 5 heteroatoms. The van der Waals surface area contributed by atoms with E-state index >= 15 is 0 Å². The number of para-hydroxylation sites is 1. The lowest BCUT2D eigenvalue weighted by Crippen LogP contribution is -2.43. The van der Waals surface area contributed by atoms with Gasteiger partial charge in [-0.15, -0.1) is 0 Å². The maximum absolute atomic E-state index is 13.0. The largest absolute Gasteiger partial charge is 0.393 e. The van der Waals surface area contributed by atoms with Crippen LogP contribution in [-0.4, -0.2) is 40.1 Å². The number of piperidine rings is 1. The van der Waals surface area contributed by atoms with Gasteiger partial charge in [0, 0.05) is 43.6 Å². The molecule has 0 bridgehead atoms. The van der Waals surface area contributed by atoms with E-state index in [-0.39, 0.29) is 17.9 Å². The first-order chi connectivity index (χ1) is 12.1. The van der Waals surface area contributed by atoms with Gasteiger partial charge in [-0.1, -0.05) is 18.2 Å². The summed E-state index contributed by atoms with van der Waals surface area (Å²) in [7, 11) is 0. The summed E-state index contributed by atoms with van der Waals surface area (Å²) in [5.41, 5.74) is 2.57. The highest BCUT2D eigenvalue weighted by atomic mass is 16.3. The summed E-state index contributed by atoms with van der Waals surface area (Å²) >= 11 is 0. The third-order valence-electron chi connectivity index (χ3n) is 4.79. The summed E-state index contributed by atoms with van der Waals surface area (Å²) in [4.78, 5) is 19.0. The standard InChI is InChI=1S/C20H25N3O2/c1-15(24)17-7-5-11-23(14-17)20(25)18-8-2-3-9-19(18)22-13-16-6-4-10-21-12-16/h2-4,6,8-10,12,15,17,22,24H,5,7,11,13-14H2,1H3. The average molecular weight is 339 g/mol. The van der Waals surface area contributed by atoms with Crippen molar-refractivity contribution >= 4 is 11.6 Å². The van der Waals surface area contributed by atoms with Crippen molar-refractivity contribution in [2.45, 2.75) is 32.4 Å². The summed E-state index contributed by atoms with van der Waals surface area (Å²) in [6.07, 6.45) is 5.09. The van der Waals surface area contributed by atoms with Crippen molar-refractivity contribution in [1.82, 2.24) is 9.88 Å². The van der Waals surface area contributed by atoms with Gasteiger partial charge in [-0.25, -0.2) is 0 Å². The van der Waals surface area contributed by atoms with Crippen LogP contribution in [0.2, 0.25) is 0 Å². The second kappa shape index (κ2) is 8.12. The van der Waals surface area contributed by atoms with Crippen LogP contribution in [0.4, 0.5) is 5.69 Å². The fourth-order valence-corrected chi connectivity index (χ4v) is 3.28. The van der Waals surface area contributed by atoms with Crippen molar-refractivity contribution in [1.29, 1.82) is 0 Å². The summed E-state index contributed by atoms with van der Waals surface area (Å²) in [5, 5.41) is 13.2. The molecule has 1 aliphatic rings. The Morgan fingerprint density at radius 2 is 2.20 bits per heavy atom. The molecule has 1 amide bonds. The molecule has 5 nitrogen and oxygen atoms in total. The molecule has 0 radical (unpaired) electrons. The van der Waals surface area contributed by atoms with Gasteiger partial charge < -0.3 is 15.3 Å². The topological polar surface area (TPSA) is 65.5 Å². The van der Waals surface area contributed by atoms with E-state index < -0.39 is 0 Å². The second-order valence-corrected chi connectivity index (χ2v) is 6.65. The predicted molar refractivity (Wildman–Crippen MR) is 98.3 cm³/mol. The van der Waals surface area contributed by atoms with Gasteiger partial charge in [-0.3, -0.25) is 9.78 Å². The van der Waals surface area contributed by atoms with Crippen molar-refractivity contribution in [2.75, 3.05) is 18.4 Å². The molecule has 2 N–H and O–H groups in total. The molecular formula is C20H25N3O2. The number of nitrogens with one attached hydrogen (secondary N) is 1. The van der Waals surface area contributed by atoms with Crippen LogP contribution >= 0.6 is 0 Å². The number of carbonyl (C=O) groups is 1. The van der Waals surface area contributed by atoms with Crippen LogP contribution < -0.4 is 5.32 Å². The average Bonchev–Trinajstić information content (AvgIpc) is 2.67. The molecule has 0 spiro atoms. The molecule has 0 saturated carbocycles. The first-order valence-electron chi connectivity index (χ1n) is 8.84. The maximum Gasteiger partial charge on any atom is 0.255 e. The number of pyridine rings is 1. The molecular weight excluding hydrogens is 314 g/mol. The van der Waals surface area contributed by atoms with Crippen LogP contribution in [0, 0.1) is 5.92 Å². The van der Waals surface area contributed by atoms with Crippen molar-refractivity contribution in [2.24, 2.45) is 5.92 Å². The van der Waals surface area contributed by atoms with Gasteiger partial charge in [-0.05, 0) is 43.5 Å². The summed E-state index contributed by atoms with van der Waals surface area (Å²) in [6, 6.07) is 11.5. The Bertz CT molecular complexity index is 703. The highest BCUT2D eigenvalue weighted by molar-refractivity contribution is 5.99. The van der Waals surface area contributed by atoms with Crippen LogP contribution in [-0.2, 0) is 6.54 Å². The first-order valence-corrected chi connectivity index (χ1v) is 8.84. The molecule has 2 aromatic rings. The van der Waals surface area contributed by atoms with Gasteiger partial charge in [0.05, 0.1) is 11.7 Å². The molecule has 1 aromatic heterocycles. The minimum absolute atomic E-state index is 0.0274. The SMILES string of the molecule is CC(O)C1CCCN(C(=O)c2ccccc2NCc2cccnc2)C1. The minimum Gasteiger partial charge on any atom is -0.393 e. The number of hydrogen-bond donors (Lipinski definition) is 2. The Balaban J connectivity index is 1.72. The molecule has 1 saturated heterocycles. The molecule has 132 valence electrons. The Morgan fingerprint density at radius 1 is 1.36 bits per heavy atom. The maximum atomic E-state index is 13.0. The molecule has 1 aromatic carbocycles. The zero-order chi connectivity index (χ0) is 17.6. The number of rotatable bonds is 5. The van der Waals surface area contributed by atoms with Gasteiger partial charge in [-0.2, -0.15) is 0 Å². The van der Waals surface area contributed by atoms with Crippen LogP contribution in [0.1, 0.15) is 35.7 Å². The number of aliphatic hydroxyl groups is 1. The lowest BCUT2D eigenvalue weighted by molar-refractivity contribution is 0.0467. The van der Waals surface area contributed by atoms with Crippen molar-refractivity contribution in [3.63, 3.8) is 0 Å². The van der Waals surface area contributed by atoms with Crippen molar-refractivity contribution in [3.05, 3.63) is 59.9 Å². The number of amides is 1.